The molecule has 100 valence electrons. The normalized spacial score (nSPS) is 9.37. The number of amides is 1. The van der Waals surface area contributed by atoms with Gasteiger partial charge in [-0.3, -0.25) is 14.9 Å². The number of rotatable bonds is 3. The van der Waals surface area contributed by atoms with Crippen molar-refractivity contribution in [2.45, 2.75) is 13.3 Å². The third kappa shape index (κ3) is 4.27. The molecule has 0 aromatic heterocycles. The first kappa shape index (κ1) is 14.4. The van der Waals surface area contributed by atoms with Crippen LogP contribution in [-0.4, -0.2) is 22.5 Å². The molecule has 1 amide bonds. The van der Waals surface area contributed by atoms with Crippen molar-refractivity contribution in [3.63, 3.8) is 0 Å². The Morgan fingerprint density at radius 3 is 2.84 bits per heavy atom. The number of hydrogen-bond donors (Lipinski definition) is 2. The van der Waals surface area contributed by atoms with Gasteiger partial charge in [0.05, 0.1) is 10.5 Å². The van der Waals surface area contributed by atoms with Crippen LogP contribution in [0, 0.1) is 27.8 Å². The van der Waals surface area contributed by atoms with E-state index in [9.17, 15) is 24.4 Å². The Morgan fingerprint density at radius 2 is 2.26 bits per heavy atom. The summed E-state index contributed by atoms with van der Waals surface area (Å²) in [5.41, 5.74) is -0.778. The number of nitrogens with zero attached hydrogens (tertiary/aromatic N) is 1. The van der Waals surface area contributed by atoms with Crippen molar-refractivity contribution in [2.24, 2.45) is 0 Å². The van der Waals surface area contributed by atoms with Gasteiger partial charge in [0.2, 0.25) is 5.91 Å². The van der Waals surface area contributed by atoms with Crippen LogP contribution in [0.3, 0.4) is 0 Å². The van der Waals surface area contributed by atoms with Crippen molar-refractivity contribution < 1.29 is 19.2 Å². The molecule has 0 saturated heterocycles. The molecule has 0 aliphatic heterocycles. The number of carbonyl (C=O) groups is 1. The molecule has 0 atom stereocenters. The van der Waals surface area contributed by atoms with Crippen molar-refractivity contribution in [1.29, 1.82) is 0 Å². The smallest absolute Gasteiger partial charge is 0.312 e. The first-order valence-electron chi connectivity index (χ1n) is 5.32. The lowest BCUT2D eigenvalue weighted by Crippen LogP contribution is -2.20. The summed E-state index contributed by atoms with van der Waals surface area (Å²) in [5.74, 6) is 3.21. The van der Waals surface area contributed by atoms with Crippen LogP contribution >= 0.6 is 0 Å². The summed E-state index contributed by atoms with van der Waals surface area (Å²) < 4.78 is 13.4. The van der Waals surface area contributed by atoms with E-state index in [0.717, 1.165) is 6.07 Å². The van der Waals surface area contributed by atoms with Gasteiger partial charge in [-0.05, 0) is 0 Å². The molecule has 0 aliphatic carbocycles. The highest BCUT2D eigenvalue weighted by Crippen LogP contribution is 2.28. The van der Waals surface area contributed by atoms with Crippen LogP contribution < -0.4 is 5.32 Å². The molecule has 0 saturated carbocycles. The summed E-state index contributed by atoms with van der Waals surface area (Å²) in [7, 11) is 0. The minimum absolute atomic E-state index is 0.174. The highest BCUT2D eigenvalue weighted by atomic mass is 19.1. The standard InChI is InChI=1S/C12H11FN2O4/c1-8(16)14-5-3-2-4-9-6-11(15(18)19)12(17)7-10(9)13/h6-7,17H,3,5H2,1H3,(H,14,16). The Morgan fingerprint density at radius 1 is 1.58 bits per heavy atom. The van der Waals surface area contributed by atoms with Gasteiger partial charge in [0, 0.05) is 32.0 Å². The maximum Gasteiger partial charge on any atom is 0.312 e. The quantitative estimate of drug-likeness (QED) is 0.373. The minimum Gasteiger partial charge on any atom is -0.502 e. The molecule has 0 fully saturated rings. The summed E-state index contributed by atoms with van der Waals surface area (Å²) >= 11 is 0. The number of benzene rings is 1. The lowest BCUT2D eigenvalue weighted by atomic mass is 10.1. The average Bonchev–Trinajstić information content (AvgIpc) is 2.30. The van der Waals surface area contributed by atoms with Crippen molar-refractivity contribution in [1.82, 2.24) is 5.32 Å². The molecule has 1 aromatic rings. The molecule has 0 aliphatic rings. The number of halogens is 1. The molecule has 0 radical (unpaired) electrons. The van der Waals surface area contributed by atoms with E-state index < -0.39 is 22.2 Å². The summed E-state index contributed by atoms with van der Waals surface area (Å²) in [6, 6.07) is 1.52. The first-order valence-corrected chi connectivity index (χ1v) is 5.32. The molecule has 6 nitrogen and oxygen atoms in total. The van der Waals surface area contributed by atoms with Crippen LogP contribution in [0.1, 0.15) is 18.9 Å². The Balaban J connectivity index is 2.84. The topological polar surface area (TPSA) is 92.5 Å². The molecule has 1 aromatic carbocycles. The van der Waals surface area contributed by atoms with Crippen LogP contribution in [0.15, 0.2) is 12.1 Å². The highest BCUT2D eigenvalue weighted by Gasteiger charge is 2.16. The van der Waals surface area contributed by atoms with Gasteiger partial charge in [0.15, 0.2) is 5.75 Å². The number of carbonyl (C=O) groups excluding carboxylic acids is 1. The second kappa shape index (κ2) is 6.35. The van der Waals surface area contributed by atoms with Crippen LogP contribution in [0.25, 0.3) is 0 Å². The van der Waals surface area contributed by atoms with E-state index in [0.29, 0.717) is 12.6 Å². The van der Waals surface area contributed by atoms with Gasteiger partial charge < -0.3 is 10.4 Å². The SMILES string of the molecule is CC(=O)NCCC#Cc1cc([N+](=O)[O-])c(O)cc1F. The zero-order chi connectivity index (χ0) is 14.4. The number of phenols is 1. The number of phenolic OH excluding ortho intramolecular Hbond substituents is 1. The molecule has 7 heteroatoms. The van der Waals surface area contributed by atoms with E-state index >= 15 is 0 Å². The van der Waals surface area contributed by atoms with E-state index in [1.807, 2.05) is 0 Å². The molecule has 0 unspecified atom stereocenters. The van der Waals surface area contributed by atoms with E-state index in [1.165, 1.54) is 6.92 Å². The number of nitrogens with one attached hydrogen (secondary N) is 1. The molecule has 1 rings (SSSR count). The maximum absolute atomic E-state index is 13.4. The first-order chi connectivity index (χ1) is 8.91. The van der Waals surface area contributed by atoms with Gasteiger partial charge in [0.25, 0.3) is 0 Å². The van der Waals surface area contributed by atoms with Gasteiger partial charge in [-0.2, -0.15) is 0 Å². The molecule has 2 N–H and O–H groups in total. The average molecular weight is 266 g/mol. The van der Waals surface area contributed by atoms with Gasteiger partial charge in [-0.1, -0.05) is 11.8 Å². The van der Waals surface area contributed by atoms with E-state index in [-0.39, 0.29) is 17.9 Å². The summed E-state index contributed by atoms with van der Waals surface area (Å²) in [5, 5.41) is 22.2. The zero-order valence-electron chi connectivity index (χ0n) is 10.1. The predicted molar refractivity (Wildman–Crippen MR) is 64.9 cm³/mol. The number of hydrogen-bond acceptors (Lipinski definition) is 4. The Hall–Kier alpha value is -2.62. The van der Waals surface area contributed by atoms with Crippen LogP contribution in [0.5, 0.6) is 5.75 Å². The molecular formula is C12H11FN2O4. The number of nitro benzene ring substituents is 1. The maximum atomic E-state index is 13.4. The van der Waals surface area contributed by atoms with Gasteiger partial charge in [-0.15, -0.1) is 0 Å². The van der Waals surface area contributed by atoms with Crippen LogP contribution in [0.2, 0.25) is 0 Å². The Kier molecular flexibility index (Phi) is 4.83. The fourth-order valence-electron chi connectivity index (χ4n) is 1.25. The third-order valence-corrected chi connectivity index (χ3v) is 2.11. The van der Waals surface area contributed by atoms with Gasteiger partial charge >= 0.3 is 5.69 Å². The second-order valence-electron chi connectivity index (χ2n) is 3.61. The predicted octanol–water partition coefficient (Wildman–Crippen LogP) is 1.32. The van der Waals surface area contributed by atoms with Crippen molar-refractivity contribution in [3.05, 3.63) is 33.6 Å². The Bertz CT molecular complexity index is 575. The fourth-order valence-corrected chi connectivity index (χ4v) is 1.25. The minimum atomic E-state index is -0.838. The van der Waals surface area contributed by atoms with Crippen LogP contribution in [-0.2, 0) is 4.79 Å². The Labute approximate surface area is 108 Å². The molecule has 0 bridgehead atoms. The van der Waals surface area contributed by atoms with E-state index in [1.54, 1.807) is 0 Å². The van der Waals surface area contributed by atoms with Gasteiger partial charge in [0.1, 0.15) is 5.82 Å². The second-order valence-corrected chi connectivity index (χ2v) is 3.61. The summed E-state index contributed by atoms with van der Waals surface area (Å²) in [6.45, 7) is 1.67. The van der Waals surface area contributed by atoms with E-state index in [2.05, 4.69) is 17.2 Å². The summed E-state index contributed by atoms with van der Waals surface area (Å²) in [4.78, 5) is 20.3. The third-order valence-electron chi connectivity index (χ3n) is 2.11. The highest BCUT2D eigenvalue weighted by molar-refractivity contribution is 5.72. The molecule has 19 heavy (non-hydrogen) atoms. The van der Waals surface area contributed by atoms with E-state index in [4.69, 9.17) is 0 Å². The van der Waals surface area contributed by atoms with Crippen molar-refractivity contribution in [3.8, 4) is 17.6 Å². The number of aromatic hydroxyl groups is 1. The van der Waals surface area contributed by atoms with Crippen LogP contribution in [0.4, 0.5) is 10.1 Å². The van der Waals surface area contributed by atoms with Crippen molar-refractivity contribution >= 4 is 11.6 Å². The fraction of sp³-hybridized carbons (Fsp3) is 0.250. The molecule has 0 heterocycles. The monoisotopic (exact) mass is 266 g/mol. The molecule has 0 spiro atoms. The molecular weight excluding hydrogens is 255 g/mol. The van der Waals surface area contributed by atoms with Crippen molar-refractivity contribution in [2.75, 3.05) is 6.54 Å². The zero-order valence-corrected chi connectivity index (χ0v) is 10.1. The lowest BCUT2D eigenvalue weighted by molar-refractivity contribution is -0.385. The largest absolute Gasteiger partial charge is 0.502 e. The summed E-state index contributed by atoms with van der Waals surface area (Å²) in [6.07, 6.45) is 0.285. The number of nitro groups is 1. The lowest BCUT2D eigenvalue weighted by Gasteiger charge is -1.98. The van der Waals surface area contributed by atoms with Gasteiger partial charge in [-0.25, -0.2) is 4.39 Å².